The lowest BCUT2D eigenvalue weighted by Gasteiger charge is -2.24. The number of nitrogens with one attached hydrogen (secondary N) is 1. The molecule has 1 heterocycles. The van der Waals surface area contributed by atoms with Crippen molar-refractivity contribution in [3.63, 3.8) is 0 Å². The summed E-state index contributed by atoms with van der Waals surface area (Å²) in [5, 5.41) is 12.6. The number of halogens is 1. The van der Waals surface area contributed by atoms with Crippen molar-refractivity contribution >= 4 is 27.9 Å². The first-order chi connectivity index (χ1) is 10.9. The van der Waals surface area contributed by atoms with E-state index in [0.717, 1.165) is 22.9 Å². The van der Waals surface area contributed by atoms with E-state index in [0.29, 0.717) is 19.5 Å². The number of amides is 2. The molecule has 6 heteroatoms. The second-order valence-corrected chi connectivity index (χ2v) is 7.57. The number of fused-ring (bicyclic) bond motifs is 1. The van der Waals surface area contributed by atoms with Crippen LogP contribution in [0, 0.1) is 11.3 Å². The lowest BCUT2D eigenvalue weighted by atomic mass is 9.81. The van der Waals surface area contributed by atoms with Crippen LogP contribution in [0.4, 0.5) is 4.79 Å². The van der Waals surface area contributed by atoms with Crippen LogP contribution in [0.3, 0.4) is 0 Å². The van der Waals surface area contributed by atoms with E-state index in [2.05, 4.69) is 21.2 Å². The summed E-state index contributed by atoms with van der Waals surface area (Å²) in [5.74, 6) is -0.662. The van der Waals surface area contributed by atoms with Gasteiger partial charge >= 0.3 is 12.0 Å². The molecule has 1 aliphatic heterocycles. The van der Waals surface area contributed by atoms with Crippen molar-refractivity contribution in [1.29, 1.82) is 0 Å². The monoisotopic (exact) mass is 380 g/mol. The van der Waals surface area contributed by atoms with Crippen molar-refractivity contribution in [1.82, 2.24) is 10.2 Å². The molecular formula is C17H21BrN2O3. The van der Waals surface area contributed by atoms with E-state index in [-0.39, 0.29) is 18.0 Å². The van der Waals surface area contributed by atoms with Gasteiger partial charge < -0.3 is 15.3 Å². The van der Waals surface area contributed by atoms with Gasteiger partial charge in [-0.15, -0.1) is 0 Å². The summed E-state index contributed by atoms with van der Waals surface area (Å²) in [6, 6.07) is 7.53. The van der Waals surface area contributed by atoms with Crippen LogP contribution in [0.5, 0.6) is 0 Å². The molecule has 1 saturated heterocycles. The maximum Gasteiger partial charge on any atom is 0.317 e. The number of hydrogen-bond donors (Lipinski definition) is 2. The number of likely N-dealkylation sites (tertiary alicyclic amines) is 1. The SMILES string of the molecule is CC(NC(=O)N1C[C@@H]2CCC[C@@]2(C(=O)O)C1)c1ccc(Br)cc1. The molecular weight excluding hydrogens is 360 g/mol. The number of urea groups is 1. The largest absolute Gasteiger partial charge is 0.481 e. The Morgan fingerprint density at radius 3 is 2.70 bits per heavy atom. The van der Waals surface area contributed by atoms with Crippen LogP contribution in [0.25, 0.3) is 0 Å². The Bertz CT molecular complexity index is 619. The van der Waals surface area contributed by atoms with E-state index in [1.54, 1.807) is 4.90 Å². The summed E-state index contributed by atoms with van der Waals surface area (Å²) in [7, 11) is 0. The summed E-state index contributed by atoms with van der Waals surface area (Å²) < 4.78 is 0.996. The van der Waals surface area contributed by atoms with E-state index in [1.807, 2.05) is 31.2 Å². The molecule has 1 aliphatic carbocycles. The number of benzene rings is 1. The number of carboxylic acids is 1. The first-order valence-corrected chi connectivity index (χ1v) is 8.76. The van der Waals surface area contributed by atoms with Crippen LogP contribution in [0.1, 0.15) is 37.8 Å². The molecule has 2 fully saturated rings. The number of rotatable bonds is 3. The van der Waals surface area contributed by atoms with Gasteiger partial charge in [0.1, 0.15) is 0 Å². The normalized spacial score (nSPS) is 27.6. The fourth-order valence-electron chi connectivity index (χ4n) is 3.90. The third-order valence-electron chi connectivity index (χ3n) is 5.29. The quantitative estimate of drug-likeness (QED) is 0.843. The average Bonchev–Trinajstić information content (AvgIpc) is 3.05. The lowest BCUT2D eigenvalue weighted by Crippen LogP contribution is -2.42. The van der Waals surface area contributed by atoms with E-state index >= 15 is 0 Å². The molecule has 0 spiro atoms. The van der Waals surface area contributed by atoms with Crippen molar-refractivity contribution in [2.24, 2.45) is 11.3 Å². The maximum absolute atomic E-state index is 12.5. The van der Waals surface area contributed by atoms with Gasteiger partial charge in [-0.05, 0) is 43.4 Å². The predicted octanol–water partition coefficient (Wildman–Crippen LogP) is 3.41. The van der Waals surface area contributed by atoms with Crippen molar-refractivity contribution in [2.75, 3.05) is 13.1 Å². The number of hydrogen-bond acceptors (Lipinski definition) is 2. The van der Waals surface area contributed by atoms with Crippen molar-refractivity contribution in [3.05, 3.63) is 34.3 Å². The van der Waals surface area contributed by atoms with Gasteiger partial charge in [-0.2, -0.15) is 0 Å². The molecule has 3 atom stereocenters. The van der Waals surface area contributed by atoms with Crippen molar-refractivity contribution in [3.8, 4) is 0 Å². The summed E-state index contributed by atoms with van der Waals surface area (Å²) >= 11 is 3.40. The Kier molecular flexibility index (Phi) is 4.36. The van der Waals surface area contributed by atoms with Gasteiger partial charge in [-0.1, -0.05) is 34.5 Å². The second kappa shape index (κ2) is 6.15. The van der Waals surface area contributed by atoms with Crippen LogP contribution >= 0.6 is 15.9 Å². The Morgan fingerprint density at radius 2 is 2.09 bits per heavy atom. The lowest BCUT2D eigenvalue weighted by molar-refractivity contribution is -0.149. The molecule has 1 aromatic carbocycles. The summed E-state index contributed by atoms with van der Waals surface area (Å²) in [6.07, 6.45) is 2.53. The summed E-state index contributed by atoms with van der Waals surface area (Å²) in [6.45, 7) is 2.81. The molecule has 3 rings (SSSR count). The minimum absolute atomic E-state index is 0.0914. The number of aliphatic carboxylic acids is 1. The highest BCUT2D eigenvalue weighted by Crippen LogP contribution is 2.48. The molecule has 0 bridgehead atoms. The van der Waals surface area contributed by atoms with E-state index in [4.69, 9.17) is 0 Å². The molecule has 1 unspecified atom stereocenters. The molecule has 124 valence electrons. The molecule has 2 aliphatic rings. The fraction of sp³-hybridized carbons (Fsp3) is 0.529. The number of nitrogens with zero attached hydrogens (tertiary/aromatic N) is 1. The van der Waals surface area contributed by atoms with Gasteiger partial charge in [0.25, 0.3) is 0 Å². The number of carbonyl (C=O) groups is 2. The Balaban J connectivity index is 1.65. The van der Waals surface area contributed by atoms with Crippen LogP contribution in [0.15, 0.2) is 28.7 Å². The second-order valence-electron chi connectivity index (χ2n) is 6.65. The molecule has 2 N–H and O–H groups in total. The molecule has 0 radical (unpaired) electrons. The van der Waals surface area contributed by atoms with Crippen molar-refractivity contribution < 1.29 is 14.7 Å². The third-order valence-corrected chi connectivity index (χ3v) is 5.82. The van der Waals surface area contributed by atoms with Crippen LogP contribution in [-0.2, 0) is 4.79 Å². The van der Waals surface area contributed by atoms with Crippen LogP contribution in [0.2, 0.25) is 0 Å². The molecule has 1 saturated carbocycles. The molecule has 5 nitrogen and oxygen atoms in total. The highest BCUT2D eigenvalue weighted by Gasteiger charge is 2.55. The van der Waals surface area contributed by atoms with Gasteiger partial charge in [-0.3, -0.25) is 4.79 Å². The first kappa shape index (κ1) is 16.3. The minimum Gasteiger partial charge on any atom is -0.481 e. The van der Waals surface area contributed by atoms with Gasteiger partial charge in [0, 0.05) is 17.6 Å². The van der Waals surface area contributed by atoms with Gasteiger partial charge in [-0.25, -0.2) is 4.79 Å². The van der Waals surface area contributed by atoms with E-state index in [9.17, 15) is 14.7 Å². The van der Waals surface area contributed by atoms with Gasteiger partial charge in [0.05, 0.1) is 11.5 Å². The zero-order chi connectivity index (χ0) is 16.6. The smallest absolute Gasteiger partial charge is 0.317 e. The van der Waals surface area contributed by atoms with Crippen molar-refractivity contribution in [2.45, 2.75) is 32.2 Å². The maximum atomic E-state index is 12.5. The first-order valence-electron chi connectivity index (χ1n) is 7.97. The molecule has 1 aromatic rings. The molecule has 0 aromatic heterocycles. The molecule has 23 heavy (non-hydrogen) atoms. The Hall–Kier alpha value is -1.56. The topological polar surface area (TPSA) is 69.6 Å². The highest BCUT2D eigenvalue weighted by atomic mass is 79.9. The van der Waals surface area contributed by atoms with Gasteiger partial charge in [0.2, 0.25) is 0 Å². The summed E-state index contributed by atoms with van der Waals surface area (Å²) in [5.41, 5.74) is 0.298. The van der Waals surface area contributed by atoms with Crippen LogP contribution < -0.4 is 5.32 Å². The number of carbonyl (C=O) groups excluding carboxylic acids is 1. The van der Waals surface area contributed by atoms with E-state index < -0.39 is 11.4 Å². The fourth-order valence-corrected chi connectivity index (χ4v) is 4.17. The van der Waals surface area contributed by atoms with Gasteiger partial charge in [0.15, 0.2) is 0 Å². The Labute approximate surface area is 144 Å². The molecule has 2 amide bonds. The number of carboxylic acid groups (broad SMARTS) is 1. The van der Waals surface area contributed by atoms with E-state index in [1.165, 1.54) is 0 Å². The summed E-state index contributed by atoms with van der Waals surface area (Å²) in [4.78, 5) is 25.9. The standard InChI is InChI=1S/C17H21BrN2O3/c1-11(12-4-6-14(18)7-5-12)19-16(23)20-9-13-3-2-8-17(13,10-20)15(21)22/h4-7,11,13H,2-3,8-10H2,1H3,(H,19,23)(H,21,22)/t11?,13-,17+/m0/s1. The zero-order valence-electron chi connectivity index (χ0n) is 13.1. The minimum atomic E-state index is -0.753. The predicted molar refractivity (Wildman–Crippen MR) is 90.1 cm³/mol. The average molecular weight is 381 g/mol. The highest BCUT2D eigenvalue weighted by molar-refractivity contribution is 9.10. The third kappa shape index (κ3) is 2.96. The Morgan fingerprint density at radius 1 is 1.39 bits per heavy atom. The van der Waals surface area contributed by atoms with Crippen LogP contribution in [-0.4, -0.2) is 35.1 Å². The zero-order valence-corrected chi connectivity index (χ0v) is 14.7.